The number of halogens is 3. The second kappa shape index (κ2) is 8.29. The summed E-state index contributed by atoms with van der Waals surface area (Å²) >= 11 is 0. The first-order chi connectivity index (χ1) is 9.61. The first-order valence-corrected chi connectivity index (χ1v) is 7.02. The van der Waals surface area contributed by atoms with Crippen molar-refractivity contribution in [1.82, 2.24) is 4.90 Å². The molecule has 0 aliphatic carbocycles. The summed E-state index contributed by atoms with van der Waals surface area (Å²) in [4.78, 5) is 13.9. The van der Waals surface area contributed by atoms with Gasteiger partial charge >= 0.3 is 0 Å². The smallest absolute Gasteiger partial charge is 0.227 e. The van der Waals surface area contributed by atoms with Gasteiger partial charge in [-0.1, -0.05) is 6.07 Å². The van der Waals surface area contributed by atoms with Crippen LogP contribution in [0, 0.1) is 17.6 Å². The molecule has 2 rings (SSSR count). The number of carbonyl (C=O) groups excluding carboxylic acids is 1. The highest BCUT2D eigenvalue weighted by Crippen LogP contribution is 2.21. The molecule has 0 bridgehead atoms. The van der Waals surface area contributed by atoms with E-state index in [-0.39, 0.29) is 30.3 Å². The monoisotopic (exact) mass is 318 g/mol. The van der Waals surface area contributed by atoms with Crippen molar-refractivity contribution in [2.24, 2.45) is 11.7 Å². The van der Waals surface area contributed by atoms with E-state index in [2.05, 4.69) is 0 Å². The molecule has 1 unspecified atom stereocenters. The van der Waals surface area contributed by atoms with E-state index in [0.29, 0.717) is 25.6 Å². The van der Waals surface area contributed by atoms with E-state index in [1.165, 1.54) is 18.2 Å². The number of carbonyl (C=O) groups is 1. The molecule has 1 aliphatic rings. The summed E-state index contributed by atoms with van der Waals surface area (Å²) in [5, 5.41) is 0. The Labute approximate surface area is 129 Å². The highest BCUT2D eigenvalue weighted by molar-refractivity contribution is 5.85. The van der Waals surface area contributed by atoms with E-state index in [4.69, 9.17) is 5.73 Å². The van der Waals surface area contributed by atoms with E-state index in [0.717, 1.165) is 19.3 Å². The maximum Gasteiger partial charge on any atom is 0.227 e. The molecule has 3 nitrogen and oxygen atoms in total. The largest absolute Gasteiger partial charge is 0.342 e. The summed E-state index contributed by atoms with van der Waals surface area (Å²) in [6.45, 7) is 1.91. The fourth-order valence-electron chi connectivity index (χ4n) is 2.73. The number of amides is 1. The van der Waals surface area contributed by atoms with Crippen molar-refractivity contribution in [2.45, 2.75) is 25.7 Å². The lowest BCUT2D eigenvalue weighted by Crippen LogP contribution is -2.41. The highest BCUT2D eigenvalue weighted by Gasteiger charge is 2.24. The van der Waals surface area contributed by atoms with Gasteiger partial charge in [0, 0.05) is 18.7 Å². The van der Waals surface area contributed by atoms with E-state index >= 15 is 0 Å². The molecule has 1 heterocycles. The molecule has 6 heteroatoms. The minimum Gasteiger partial charge on any atom is -0.342 e. The van der Waals surface area contributed by atoms with E-state index < -0.39 is 11.6 Å². The van der Waals surface area contributed by atoms with Gasteiger partial charge in [0.25, 0.3) is 0 Å². The Morgan fingerprint density at radius 1 is 1.33 bits per heavy atom. The maximum absolute atomic E-state index is 13.5. The Morgan fingerprint density at radius 3 is 2.62 bits per heavy atom. The lowest BCUT2D eigenvalue weighted by Gasteiger charge is -2.32. The van der Waals surface area contributed by atoms with Crippen molar-refractivity contribution >= 4 is 18.3 Å². The van der Waals surface area contributed by atoms with Crippen LogP contribution in [0.5, 0.6) is 0 Å². The lowest BCUT2D eigenvalue weighted by atomic mass is 9.94. The third-order valence-corrected chi connectivity index (χ3v) is 3.84. The average molecular weight is 319 g/mol. The predicted octanol–water partition coefficient (Wildman–Crippen LogP) is 2.52. The molecule has 1 aromatic rings. The number of likely N-dealkylation sites (tertiary alicyclic amines) is 1. The molecule has 1 atom stereocenters. The molecule has 2 N–H and O–H groups in total. The first kappa shape index (κ1) is 17.9. The molecule has 1 saturated heterocycles. The zero-order valence-electron chi connectivity index (χ0n) is 11.9. The quantitative estimate of drug-likeness (QED) is 0.927. The summed E-state index contributed by atoms with van der Waals surface area (Å²) < 4.78 is 27.1. The van der Waals surface area contributed by atoms with E-state index in [1.807, 2.05) is 0 Å². The van der Waals surface area contributed by atoms with Crippen molar-refractivity contribution in [1.29, 1.82) is 0 Å². The van der Waals surface area contributed by atoms with E-state index in [9.17, 15) is 13.6 Å². The van der Waals surface area contributed by atoms with Crippen LogP contribution >= 0.6 is 12.4 Å². The molecule has 1 amide bonds. The zero-order valence-corrected chi connectivity index (χ0v) is 12.7. The molecular weight excluding hydrogens is 298 g/mol. The standard InChI is InChI=1S/C15H20F2N2O.ClH/c16-13-4-1-5-14(17)12(13)9-15(20)19-8-2-3-11(10-19)6-7-18;/h1,4-5,11H,2-3,6-10,18H2;1H. The number of nitrogens with zero attached hydrogens (tertiary/aromatic N) is 1. The second-order valence-electron chi connectivity index (χ2n) is 5.30. The number of nitrogens with two attached hydrogens (primary N) is 1. The van der Waals surface area contributed by atoms with Crippen molar-refractivity contribution in [3.63, 3.8) is 0 Å². The molecule has 21 heavy (non-hydrogen) atoms. The SMILES string of the molecule is Cl.NCCC1CCCN(C(=O)Cc2c(F)cccc2F)C1. The third-order valence-electron chi connectivity index (χ3n) is 3.84. The van der Waals surface area contributed by atoms with Gasteiger partial charge in [0.05, 0.1) is 6.42 Å². The molecule has 0 saturated carbocycles. The summed E-state index contributed by atoms with van der Waals surface area (Å²) in [5.41, 5.74) is 5.40. The molecular formula is C15H21ClF2N2O. The van der Waals surface area contributed by atoms with Gasteiger partial charge in [-0.2, -0.15) is 0 Å². The zero-order chi connectivity index (χ0) is 14.5. The predicted molar refractivity (Wildman–Crippen MR) is 80.3 cm³/mol. The van der Waals surface area contributed by atoms with Crippen LogP contribution in [0.15, 0.2) is 18.2 Å². The average Bonchev–Trinajstić information content (AvgIpc) is 2.43. The van der Waals surface area contributed by atoms with Crippen LogP contribution in [0.1, 0.15) is 24.8 Å². The highest BCUT2D eigenvalue weighted by atomic mass is 35.5. The van der Waals surface area contributed by atoms with Crippen molar-refractivity contribution < 1.29 is 13.6 Å². The van der Waals surface area contributed by atoms with Gasteiger partial charge in [-0.15, -0.1) is 12.4 Å². The van der Waals surface area contributed by atoms with Gasteiger partial charge in [0.15, 0.2) is 0 Å². The topological polar surface area (TPSA) is 46.3 Å². The van der Waals surface area contributed by atoms with Crippen LogP contribution in [0.3, 0.4) is 0 Å². The Hall–Kier alpha value is -1.20. The first-order valence-electron chi connectivity index (χ1n) is 7.02. The third kappa shape index (κ3) is 4.64. The van der Waals surface area contributed by atoms with Crippen LogP contribution in [0.4, 0.5) is 8.78 Å². The van der Waals surface area contributed by atoms with Crippen LogP contribution in [-0.4, -0.2) is 30.4 Å². The molecule has 0 radical (unpaired) electrons. The van der Waals surface area contributed by atoms with Crippen LogP contribution in [0.2, 0.25) is 0 Å². The number of piperidine rings is 1. The Bertz CT molecular complexity index is 462. The summed E-state index contributed by atoms with van der Waals surface area (Å²) in [7, 11) is 0. The number of rotatable bonds is 4. The van der Waals surface area contributed by atoms with Crippen molar-refractivity contribution in [3.8, 4) is 0 Å². The summed E-state index contributed by atoms with van der Waals surface area (Å²) in [5.74, 6) is -1.12. The Kier molecular flexibility index (Phi) is 7.05. The van der Waals surface area contributed by atoms with Gasteiger partial charge in [-0.05, 0) is 43.9 Å². The number of benzene rings is 1. The lowest BCUT2D eigenvalue weighted by molar-refractivity contribution is -0.132. The fraction of sp³-hybridized carbons (Fsp3) is 0.533. The van der Waals surface area contributed by atoms with Gasteiger partial charge < -0.3 is 10.6 Å². The van der Waals surface area contributed by atoms with Gasteiger partial charge in [-0.3, -0.25) is 4.79 Å². The molecule has 0 aromatic heterocycles. The summed E-state index contributed by atoms with van der Waals surface area (Å²) in [6, 6.07) is 3.66. The number of hydrogen-bond acceptors (Lipinski definition) is 2. The molecule has 1 aromatic carbocycles. The maximum atomic E-state index is 13.5. The molecule has 1 fully saturated rings. The van der Waals surface area contributed by atoms with Crippen molar-refractivity contribution in [2.75, 3.05) is 19.6 Å². The van der Waals surface area contributed by atoms with Gasteiger partial charge in [-0.25, -0.2) is 8.78 Å². The Balaban J connectivity index is 0.00000220. The number of hydrogen-bond donors (Lipinski definition) is 1. The van der Waals surface area contributed by atoms with Crippen LogP contribution in [-0.2, 0) is 11.2 Å². The van der Waals surface area contributed by atoms with Crippen LogP contribution in [0.25, 0.3) is 0 Å². The van der Waals surface area contributed by atoms with Crippen LogP contribution < -0.4 is 5.73 Å². The molecule has 118 valence electrons. The summed E-state index contributed by atoms with van der Waals surface area (Å²) in [6.07, 6.45) is 2.66. The van der Waals surface area contributed by atoms with E-state index in [1.54, 1.807) is 4.90 Å². The van der Waals surface area contributed by atoms with Gasteiger partial charge in [0.2, 0.25) is 5.91 Å². The van der Waals surface area contributed by atoms with Crippen molar-refractivity contribution in [3.05, 3.63) is 35.4 Å². The minimum atomic E-state index is -0.658. The molecule has 1 aliphatic heterocycles. The normalized spacial score (nSPS) is 18.2. The fourth-order valence-corrected chi connectivity index (χ4v) is 2.73. The molecule has 0 spiro atoms. The van der Waals surface area contributed by atoms with Gasteiger partial charge in [0.1, 0.15) is 11.6 Å². The Morgan fingerprint density at radius 2 is 2.00 bits per heavy atom. The second-order valence-corrected chi connectivity index (χ2v) is 5.30. The minimum absolute atomic E-state index is 0.